The highest BCUT2D eigenvalue weighted by Gasteiger charge is 2.33. The number of carbonyl (C=O) groups excluding carboxylic acids is 1. The van der Waals surface area contributed by atoms with Gasteiger partial charge in [-0.05, 0) is 68.6 Å². The number of nitrogens with zero attached hydrogens (tertiary/aromatic N) is 5. The van der Waals surface area contributed by atoms with Crippen molar-refractivity contribution in [3.8, 4) is 0 Å². The molecule has 10 nitrogen and oxygen atoms in total. The number of carbonyl (C=O) groups is 1. The van der Waals surface area contributed by atoms with Crippen LogP contribution in [-0.4, -0.2) is 86.5 Å². The van der Waals surface area contributed by atoms with Crippen molar-refractivity contribution in [2.45, 2.75) is 37.1 Å². The van der Waals surface area contributed by atoms with Gasteiger partial charge in [0.15, 0.2) is 0 Å². The Bertz CT molecular complexity index is 1250. The van der Waals surface area contributed by atoms with Crippen molar-refractivity contribution < 1.29 is 18.0 Å². The molecule has 1 amide bonds. The van der Waals surface area contributed by atoms with Crippen LogP contribution in [0.15, 0.2) is 52.6 Å². The number of hydrogen-bond acceptors (Lipinski definition) is 8. The second kappa shape index (κ2) is 12.2. The Balaban J connectivity index is 1.33. The van der Waals surface area contributed by atoms with E-state index in [2.05, 4.69) is 15.0 Å². The third-order valence-electron chi connectivity index (χ3n) is 7.48. The molecule has 11 heteroatoms. The number of nitrogens with two attached hydrogens (primary N) is 1. The number of oxime groups is 1. The summed E-state index contributed by atoms with van der Waals surface area (Å²) in [4.78, 5) is 27.1. The predicted molar refractivity (Wildman–Crippen MR) is 147 cm³/mol. The predicted octanol–water partition coefficient (Wildman–Crippen LogP) is 2.42. The molecule has 2 aromatic rings. The third kappa shape index (κ3) is 6.51. The summed E-state index contributed by atoms with van der Waals surface area (Å²) in [6, 6.07) is 10.7. The lowest BCUT2D eigenvalue weighted by atomic mass is 9.87. The lowest BCUT2D eigenvalue weighted by Gasteiger charge is -2.37. The highest BCUT2D eigenvalue weighted by Crippen LogP contribution is 2.28. The van der Waals surface area contributed by atoms with E-state index >= 15 is 0 Å². The van der Waals surface area contributed by atoms with Crippen LogP contribution in [0.1, 0.15) is 36.8 Å². The lowest BCUT2D eigenvalue weighted by Crippen LogP contribution is -2.46. The molecule has 1 aromatic carbocycles. The second-order valence-corrected chi connectivity index (χ2v) is 12.4. The zero-order chi connectivity index (χ0) is 27.3. The molecule has 4 rings (SSSR count). The molecule has 0 bridgehead atoms. The van der Waals surface area contributed by atoms with Crippen LogP contribution in [-0.2, 0) is 26.2 Å². The average molecular weight is 543 g/mol. The van der Waals surface area contributed by atoms with E-state index in [0.29, 0.717) is 18.9 Å². The van der Waals surface area contributed by atoms with Crippen molar-refractivity contribution in [1.82, 2.24) is 19.1 Å². The first-order valence-electron chi connectivity index (χ1n) is 13.0. The Morgan fingerprint density at radius 2 is 1.76 bits per heavy atom. The largest absolute Gasteiger partial charge is 0.399 e. The molecular weight excluding hydrogens is 504 g/mol. The van der Waals surface area contributed by atoms with Crippen molar-refractivity contribution in [2.24, 2.45) is 17.0 Å². The molecule has 2 aliphatic rings. The maximum atomic E-state index is 13.3. The maximum absolute atomic E-state index is 13.3. The Labute approximate surface area is 225 Å². The van der Waals surface area contributed by atoms with E-state index < -0.39 is 10.0 Å². The van der Waals surface area contributed by atoms with Gasteiger partial charge in [-0.3, -0.25) is 9.69 Å². The first-order chi connectivity index (χ1) is 18.2. The number of amides is 1. The molecule has 0 aliphatic carbocycles. The minimum Gasteiger partial charge on any atom is -0.399 e. The molecule has 3 heterocycles. The molecule has 2 fully saturated rings. The van der Waals surface area contributed by atoms with E-state index in [0.717, 1.165) is 62.2 Å². The second-order valence-electron chi connectivity index (χ2n) is 10.2. The van der Waals surface area contributed by atoms with Crippen LogP contribution < -0.4 is 5.73 Å². The van der Waals surface area contributed by atoms with E-state index in [-0.39, 0.29) is 22.6 Å². The number of pyridine rings is 1. The first kappa shape index (κ1) is 28.0. The molecule has 2 saturated heterocycles. The number of aromatic nitrogens is 1. The van der Waals surface area contributed by atoms with Crippen LogP contribution in [0.25, 0.3) is 0 Å². The van der Waals surface area contributed by atoms with Crippen molar-refractivity contribution in [3.63, 3.8) is 0 Å². The van der Waals surface area contributed by atoms with E-state index in [4.69, 9.17) is 10.6 Å². The SMILES string of the molecule is CO/N=C(/c1cccc(S(=O)(=O)N(C)C)c1)C1CCN(C(=O)C2CCN(Cc3ccnc(N)c3)CC2)CC1. The van der Waals surface area contributed by atoms with Gasteiger partial charge in [-0.2, -0.15) is 0 Å². The summed E-state index contributed by atoms with van der Waals surface area (Å²) in [5.41, 5.74) is 8.39. The van der Waals surface area contributed by atoms with Crippen molar-refractivity contribution in [1.29, 1.82) is 0 Å². The Kier molecular flexibility index (Phi) is 9.01. The Morgan fingerprint density at radius 3 is 2.39 bits per heavy atom. The number of likely N-dealkylation sites (tertiary alicyclic amines) is 2. The number of hydrogen-bond donors (Lipinski definition) is 1. The summed E-state index contributed by atoms with van der Waals surface area (Å²) in [6.07, 6.45) is 4.93. The molecule has 0 radical (unpaired) electrons. The van der Waals surface area contributed by atoms with Gasteiger partial charge in [0.05, 0.1) is 10.6 Å². The highest BCUT2D eigenvalue weighted by atomic mass is 32.2. The van der Waals surface area contributed by atoms with Gasteiger partial charge in [-0.25, -0.2) is 17.7 Å². The summed E-state index contributed by atoms with van der Waals surface area (Å²) < 4.78 is 26.5. The monoisotopic (exact) mass is 542 g/mol. The van der Waals surface area contributed by atoms with Crippen molar-refractivity contribution >= 4 is 27.5 Å². The van der Waals surface area contributed by atoms with Crippen LogP contribution in [0.4, 0.5) is 5.82 Å². The van der Waals surface area contributed by atoms with E-state index in [1.54, 1.807) is 24.4 Å². The lowest BCUT2D eigenvalue weighted by molar-refractivity contribution is -0.138. The number of piperidine rings is 2. The molecule has 38 heavy (non-hydrogen) atoms. The van der Waals surface area contributed by atoms with Crippen LogP contribution in [0.5, 0.6) is 0 Å². The topological polar surface area (TPSA) is 121 Å². The van der Waals surface area contributed by atoms with Crippen LogP contribution in [0, 0.1) is 11.8 Å². The molecule has 2 aliphatic heterocycles. The Morgan fingerprint density at radius 1 is 1.08 bits per heavy atom. The molecule has 0 atom stereocenters. The number of nitrogen functional groups attached to an aromatic ring is 1. The summed E-state index contributed by atoms with van der Waals surface area (Å²) in [5, 5.41) is 4.28. The fourth-order valence-electron chi connectivity index (χ4n) is 5.31. The molecule has 0 saturated carbocycles. The third-order valence-corrected chi connectivity index (χ3v) is 9.29. The van der Waals surface area contributed by atoms with Crippen LogP contribution in [0.3, 0.4) is 0 Å². The number of rotatable bonds is 8. The molecule has 1 aromatic heterocycles. The Hall–Kier alpha value is -3.02. The minimum atomic E-state index is -3.56. The maximum Gasteiger partial charge on any atom is 0.242 e. The zero-order valence-corrected chi connectivity index (χ0v) is 23.2. The summed E-state index contributed by atoms with van der Waals surface area (Å²) in [6.45, 7) is 3.88. The van der Waals surface area contributed by atoms with Gasteiger partial charge >= 0.3 is 0 Å². The standard InChI is InChI=1S/C27H38N6O4S/c1-31(2)38(35,36)24-6-4-5-23(18-24)26(30-37-3)21-10-15-33(16-11-21)27(34)22-8-13-32(14-9-22)19-20-7-12-29-25(28)17-20/h4-7,12,17-18,21-22H,8-11,13-16,19H2,1-3H3,(H2,28,29)/b30-26+. The fourth-order valence-corrected chi connectivity index (χ4v) is 6.26. The van der Waals surface area contributed by atoms with Crippen molar-refractivity contribution in [3.05, 3.63) is 53.7 Å². The molecule has 2 N–H and O–H groups in total. The zero-order valence-electron chi connectivity index (χ0n) is 22.4. The van der Waals surface area contributed by atoms with E-state index in [1.807, 2.05) is 23.1 Å². The fraction of sp³-hybridized carbons (Fsp3) is 0.519. The number of anilines is 1. The summed E-state index contributed by atoms with van der Waals surface area (Å²) in [5.74, 6) is 0.887. The first-order valence-corrected chi connectivity index (χ1v) is 14.5. The van der Waals surface area contributed by atoms with Gasteiger partial charge in [0.25, 0.3) is 0 Å². The normalized spacial score (nSPS) is 18.6. The van der Waals surface area contributed by atoms with Gasteiger partial charge in [0, 0.05) is 57.3 Å². The number of sulfonamides is 1. The van der Waals surface area contributed by atoms with Gasteiger partial charge < -0.3 is 15.5 Å². The molecular formula is C27H38N6O4S. The van der Waals surface area contributed by atoms with E-state index in [1.165, 1.54) is 25.5 Å². The average Bonchev–Trinajstić information content (AvgIpc) is 2.92. The van der Waals surface area contributed by atoms with Crippen LogP contribution >= 0.6 is 0 Å². The quantitative estimate of drug-likeness (QED) is 0.402. The van der Waals surface area contributed by atoms with Crippen molar-refractivity contribution in [2.75, 3.05) is 53.1 Å². The smallest absolute Gasteiger partial charge is 0.242 e. The highest BCUT2D eigenvalue weighted by molar-refractivity contribution is 7.89. The van der Waals surface area contributed by atoms with E-state index in [9.17, 15) is 13.2 Å². The minimum absolute atomic E-state index is 0.0466. The van der Waals surface area contributed by atoms with Gasteiger partial charge in [0.2, 0.25) is 15.9 Å². The van der Waals surface area contributed by atoms with Gasteiger partial charge in [-0.1, -0.05) is 17.3 Å². The van der Waals surface area contributed by atoms with Crippen LogP contribution in [0.2, 0.25) is 0 Å². The molecule has 0 unspecified atom stereocenters. The number of benzene rings is 1. The molecule has 206 valence electrons. The summed E-state index contributed by atoms with van der Waals surface area (Å²) >= 11 is 0. The molecule has 0 spiro atoms. The van der Waals surface area contributed by atoms with Gasteiger partial charge in [0.1, 0.15) is 12.9 Å². The van der Waals surface area contributed by atoms with Gasteiger partial charge in [-0.15, -0.1) is 0 Å². The summed E-state index contributed by atoms with van der Waals surface area (Å²) in [7, 11) is 0.961.